The summed E-state index contributed by atoms with van der Waals surface area (Å²) in [6.07, 6.45) is 1.89. The Morgan fingerprint density at radius 3 is 2.80 bits per heavy atom. The molecule has 0 aliphatic rings. The van der Waals surface area contributed by atoms with Crippen molar-refractivity contribution in [2.75, 3.05) is 0 Å². The molecule has 0 aliphatic heterocycles. The smallest absolute Gasteiger partial charge is 0.272 e. The third kappa shape index (κ3) is 3.45. The molecule has 102 valence electrons. The quantitative estimate of drug-likeness (QED) is 0.871. The number of aromatic nitrogens is 2. The molecular weight excluding hydrogens is 252 g/mol. The van der Waals surface area contributed by atoms with E-state index in [4.69, 9.17) is 5.26 Å². The number of hydrogen-bond donors (Lipinski definition) is 2. The van der Waals surface area contributed by atoms with Crippen LogP contribution in [0, 0.1) is 11.3 Å². The molecule has 0 saturated carbocycles. The number of hydrogen-bond acceptors (Lipinski definition) is 3. The van der Waals surface area contributed by atoms with Crippen molar-refractivity contribution in [3.63, 3.8) is 0 Å². The Kier molecular flexibility index (Phi) is 4.51. The van der Waals surface area contributed by atoms with Crippen LogP contribution in [0.4, 0.5) is 0 Å². The topological polar surface area (TPSA) is 81.6 Å². The molecule has 0 saturated heterocycles. The van der Waals surface area contributed by atoms with Crippen LogP contribution in [0.2, 0.25) is 0 Å². The first-order valence-corrected chi connectivity index (χ1v) is 6.54. The van der Waals surface area contributed by atoms with Gasteiger partial charge in [-0.25, -0.2) is 0 Å². The van der Waals surface area contributed by atoms with Crippen LogP contribution >= 0.6 is 0 Å². The number of amides is 1. The van der Waals surface area contributed by atoms with Crippen molar-refractivity contribution in [1.29, 1.82) is 5.26 Å². The van der Waals surface area contributed by atoms with Gasteiger partial charge in [0.25, 0.3) is 5.91 Å². The number of nitrogens with one attached hydrogen (secondary N) is 2. The van der Waals surface area contributed by atoms with Crippen molar-refractivity contribution in [2.45, 2.75) is 26.3 Å². The van der Waals surface area contributed by atoms with Crippen LogP contribution in [-0.2, 0) is 13.0 Å². The van der Waals surface area contributed by atoms with E-state index in [2.05, 4.69) is 28.5 Å². The second-order valence-corrected chi connectivity index (χ2v) is 4.52. The molecule has 0 radical (unpaired) electrons. The molecule has 2 rings (SSSR count). The Morgan fingerprint density at radius 2 is 2.15 bits per heavy atom. The summed E-state index contributed by atoms with van der Waals surface area (Å²) >= 11 is 0. The zero-order valence-corrected chi connectivity index (χ0v) is 11.3. The first-order chi connectivity index (χ1) is 9.72. The summed E-state index contributed by atoms with van der Waals surface area (Å²) in [6, 6.07) is 10.9. The van der Waals surface area contributed by atoms with E-state index in [1.807, 2.05) is 12.1 Å². The van der Waals surface area contributed by atoms with E-state index in [0.717, 1.165) is 24.1 Å². The van der Waals surface area contributed by atoms with Crippen LogP contribution in [0.1, 0.15) is 40.7 Å². The van der Waals surface area contributed by atoms with E-state index < -0.39 is 0 Å². The second-order valence-electron chi connectivity index (χ2n) is 4.52. The van der Waals surface area contributed by atoms with Crippen LogP contribution in [0.15, 0.2) is 30.3 Å². The number of rotatable bonds is 5. The van der Waals surface area contributed by atoms with Crippen molar-refractivity contribution in [3.05, 3.63) is 52.8 Å². The molecule has 5 heteroatoms. The fourth-order valence-corrected chi connectivity index (χ4v) is 1.85. The van der Waals surface area contributed by atoms with Gasteiger partial charge in [0.05, 0.1) is 11.6 Å². The normalized spacial score (nSPS) is 10.0. The fourth-order valence-electron chi connectivity index (χ4n) is 1.85. The summed E-state index contributed by atoms with van der Waals surface area (Å²) in [5.74, 6) is -0.201. The highest BCUT2D eigenvalue weighted by Crippen LogP contribution is 2.05. The number of carbonyl (C=O) groups excluding carboxylic acids is 1. The number of carbonyl (C=O) groups is 1. The lowest BCUT2D eigenvalue weighted by Gasteiger charge is -2.03. The van der Waals surface area contributed by atoms with Crippen LogP contribution in [0.3, 0.4) is 0 Å². The number of nitriles is 1. The average Bonchev–Trinajstić information content (AvgIpc) is 2.94. The van der Waals surface area contributed by atoms with Crippen molar-refractivity contribution in [1.82, 2.24) is 15.5 Å². The van der Waals surface area contributed by atoms with Gasteiger partial charge in [-0.15, -0.1) is 0 Å². The monoisotopic (exact) mass is 268 g/mol. The standard InChI is InChI=1S/C15H16N4O/c1-2-3-13-8-14(19-18-13)15(20)17-10-12-6-4-11(9-16)5-7-12/h4-8H,2-3,10H2,1H3,(H,17,20)(H,18,19). The van der Waals surface area contributed by atoms with Gasteiger partial charge < -0.3 is 5.32 Å². The Balaban J connectivity index is 1.92. The van der Waals surface area contributed by atoms with Gasteiger partial charge in [-0.3, -0.25) is 9.89 Å². The summed E-state index contributed by atoms with van der Waals surface area (Å²) in [4.78, 5) is 11.9. The van der Waals surface area contributed by atoms with E-state index in [1.165, 1.54) is 0 Å². The Labute approximate surface area is 117 Å². The van der Waals surface area contributed by atoms with E-state index in [9.17, 15) is 4.79 Å². The lowest BCUT2D eigenvalue weighted by molar-refractivity contribution is 0.0946. The highest BCUT2D eigenvalue weighted by atomic mass is 16.1. The van der Waals surface area contributed by atoms with Crippen LogP contribution in [0.25, 0.3) is 0 Å². The number of H-pyrrole nitrogens is 1. The molecule has 1 amide bonds. The number of aromatic amines is 1. The molecule has 0 fully saturated rings. The maximum atomic E-state index is 11.9. The number of benzene rings is 1. The highest BCUT2D eigenvalue weighted by molar-refractivity contribution is 5.92. The summed E-state index contributed by atoms with van der Waals surface area (Å²) in [7, 11) is 0. The summed E-state index contributed by atoms with van der Waals surface area (Å²) in [5.41, 5.74) is 2.93. The predicted molar refractivity (Wildman–Crippen MR) is 74.9 cm³/mol. The molecule has 1 aromatic heterocycles. The Bertz CT molecular complexity index is 622. The van der Waals surface area contributed by atoms with Gasteiger partial charge in [0.2, 0.25) is 0 Å². The lowest BCUT2D eigenvalue weighted by Crippen LogP contribution is -2.23. The maximum Gasteiger partial charge on any atom is 0.272 e. The van der Waals surface area contributed by atoms with Crippen molar-refractivity contribution in [3.8, 4) is 6.07 Å². The van der Waals surface area contributed by atoms with Crippen molar-refractivity contribution < 1.29 is 4.79 Å². The van der Waals surface area contributed by atoms with Crippen LogP contribution in [0.5, 0.6) is 0 Å². The van der Waals surface area contributed by atoms with Gasteiger partial charge in [0, 0.05) is 12.2 Å². The molecule has 0 unspecified atom stereocenters. The van der Waals surface area contributed by atoms with Gasteiger partial charge in [-0.2, -0.15) is 10.4 Å². The SMILES string of the molecule is CCCc1cc(C(=O)NCc2ccc(C#N)cc2)n[nH]1. The largest absolute Gasteiger partial charge is 0.347 e. The highest BCUT2D eigenvalue weighted by Gasteiger charge is 2.09. The minimum Gasteiger partial charge on any atom is -0.347 e. The molecule has 5 nitrogen and oxygen atoms in total. The molecule has 2 aromatic rings. The molecule has 1 heterocycles. The second kappa shape index (κ2) is 6.53. The van der Waals surface area contributed by atoms with Crippen molar-refractivity contribution >= 4 is 5.91 Å². The van der Waals surface area contributed by atoms with Gasteiger partial charge in [-0.05, 0) is 30.2 Å². The molecule has 20 heavy (non-hydrogen) atoms. The lowest BCUT2D eigenvalue weighted by atomic mass is 10.1. The summed E-state index contributed by atoms with van der Waals surface area (Å²) < 4.78 is 0. The Hall–Kier alpha value is -2.61. The molecule has 0 spiro atoms. The molecule has 0 atom stereocenters. The fraction of sp³-hybridized carbons (Fsp3) is 0.267. The van der Waals surface area contributed by atoms with Crippen LogP contribution < -0.4 is 5.32 Å². The summed E-state index contributed by atoms with van der Waals surface area (Å²) in [6.45, 7) is 2.49. The Morgan fingerprint density at radius 1 is 1.40 bits per heavy atom. The molecule has 0 aliphatic carbocycles. The van der Waals surface area contributed by atoms with Gasteiger partial charge in [-0.1, -0.05) is 25.5 Å². The minimum atomic E-state index is -0.201. The molecule has 0 bridgehead atoms. The van der Waals surface area contributed by atoms with Crippen LogP contribution in [-0.4, -0.2) is 16.1 Å². The van der Waals surface area contributed by atoms with E-state index >= 15 is 0 Å². The van der Waals surface area contributed by atoms with E-state index in [-0.39, 0.29) is 5.91 Å². The third-order valence-electron chi connectivity index (χ3n) is 2.92. The van der Waals surface area contributed by atoms with E-state index in [1.54, 1.807) is 18.2 Å². The van der Waals surface area contributed by atoms with Gasteiger partial charge >= 0.3 is 0 Å². The maximum absolute atomic E-state index is 11.9. The zero-order chi connectivity index (χ0) is 14.4. The van der Waals surface area contributed by atoms with Gasteiger partial charge in [0.1, 0.15) is 5.69 Å². The van der Waals surface area contributed by atoms with Crippen molar-refractivity contribution in [2.24, 2.45) is 0 Å². The molecular formula is C15H16N4O. The molecule has 1 aromatic carbocycles. The first-order valence-electron chi connectivity index (χ1n) is 6.54. The average molecular weight is 268 g/mol. The third-order valence-corrected chi connectivity index (χ3v) is 2.92. The summed E-state index contributed by atoms with van der Waals surface area (Å²) in [5, 5.41) is 18.4. The number of nitrogens with zero attached hydrogens (tertiary/aromatic N) is 2. The molecule has 2 N–H and O–H groups in total. The van der Waals surface area contributed by atoms with Gasteiger partial charge in [0.15, 0.2) is 0 Å². The minimum absolute atomic E-state index is 0.201. The van der Waals surface area contributed by atoms with E-state index in [0.29, 0.717) is 17.8 Å². The first kappa shape index (κ1) is 13.8. The number of aryl methyl sites for hydroxylation is 1. The zero-order valence-electron chi connectivity index (χ0n) is 11.3. The predicted octanol–water partition coefficient (Wildman–Crippen LogP) is 2.16.